The number of hydrogen-bond donors (Lipinski definition) is 1. The van der Waals surface area contributed by atoms with Crippen molar-refractivity contribution in [3.63, 3.8) is 0 Å². The zero-order chi connectivity index (χ0) is 9.10. The molecular weight excluding hydrogens is 200 g/mol. The van der Waals surface area contributed by atoms with Crippen LogP contribution in [0.2, 0.25) is 0 Å². The van der Waals surface area contributed by atoms with Gasteiger partial charge in [0, 0.05) is 29.9 Å². The summed E-state index contributed by atoms with van der Waals surface area (Å²) in [6, 6.07) is 2.02. The zero-order valence-electron chi connectivity index (χ0n) is 7.26. The van der Waals surface area contributed by atoms with E-state index in [1.54, 1.807) is 0 Å². The lowest BCUT2D eigenvalue weighted by Gasteiger charge is -2.10. The fourth-order valence-electron chi connectivity index (χ4n) is 1.39. The van der Waals surface area contributed by atoms with E-state index in [1.807, 2.05) is 11.4 Å². The first-order valence-corrected chi connectivity index (χ1v) is 5.70. The summed E-state index contributed by atoms with van der Waals surface area (Å²) in [5.74, 6) is 0. The summed E-state index contributed by atoms with van der Waals surface area (Å²) >= 11 is 5.92. The first-order valence-electron chi connectivity index (χ1n) is 4.35. The second-order valence-corrected chi connectivity index (χ2v) is 4.57. The highest BCUT2D eigenvalue weighted by Crippen LogP contribution is 2.15. The Bertz CT molecular complexity index is 282. The Hall–Kier alpha value is -0.480. The van der Waals surface area contributed by atoms with Crippen molar-refractivity contribution in [2.24, 2.45) is 0 Å². The van der Waals surface area contributed by atoms with E-state index < -0.39 is 0 Å². The molecule has 1 atom stereocenters. The summed E-state index contributed by atoms with van der Waals surface area (Å²) in [4.78, 5) is 2.29. The number of thiol groups is 1. The minimum Gasteiger partial charge on any atom is -0.376 e. The number of likely N-dealkylation sites (tertiary alicyclic amines) is 1. The van der Waals surface area contributed by atoms with Crippen LogP contribution < -0.4 is 0 Å². The largest absolute Gasteiger partial charge is 0.376 e. The molecule has 1 fully saturated rings. The third-order valence-electron chi connectivity index (χ3n) is 2.11. The average molecular weight is 212 g/mol. The second kappa shape index (κ2) is 4.15. The van der Waals surface area contributed by atoms with Gasteiger partial charge in [0.05, 0.1) is 5.69 Å². The summed E-state index contributed by atoms with van der Waals surface area (Å²) in [7, 11) is 0. The molecule has 1 aliphatic rings. The van der Waals surface area contributed by atoms with E-state index in [2.05, 4.69) is 34.2 Å². The van der Waals surface area contributed by atoms with Crippen molar-refractivity contribution in [2.45, 2.75) is 11.7 Å². The van der Waals surface area contributed by atoms with Crippen LogP contribution in [-0.2, 0) is 0 Å². The standard InChI is InChI=1S/C9H12N2S2/c12-9-2-5-11(7-9)4-1-8-3-6-13-10-8/h1,3-4,6,9,12H,2,5,7H2. The quantitative estimate of drug-likeness (QED) is 0.756. The monoisotopic (exact) mass is 212 g/mol. The molecule has 13 heavy (non-hydrogen) atoms. The summed E-state index contributed by atoms with van der Waals surface area (Å²) in [6.07, 6.45) is 5.36. The van der Waals surface area contributed by atoms with E-state index in [9.17, 15) is 0 Å². The van der Waals surface area contributed by atoms with Crippen molar-refractivity contribution in [3.05, 3.63) is 23.3 Å². The van der Waals surface area contributed by atoms with Crippen LogP contribution in [0.5, 0.6) is 0 Å². The number of rotatable bonds is 2. The third kappa shape index (κ3) is 2.48. The molecule has 1 saturated heterocycles. The molecule has 70 valence electrons. The van der Waals surface area contributed by atoms with Gasteiger partial charge in [0.1, 0.15) is 0 Å². The van der Waals surface area contributed by atoms with Crippen LogP contribution in [0.1, 0.15) is 12.1 Å². The molecule has 2 rings (SSSR count). The Labute approximate surface area is 87.8 Å². The van der Waals surface area contributed by atoms with Crippen LogP contribution in [0.15, 0.2) is 17.6 Å². The maximum absolute atomic E-state index is 4.43. The van der Waals surface area contributed by atoms with E-state index in [4.69, 9.17) is 0 Å². The van der Waals surface area contributed by atoms with Gasteiger partial charge in [-0.05, 0) is 30.1 Å². The number of nitrogens with zero attached hydrogens (tertiary/aromatic N) is 2. The molecule has 0 radical (unpaired) electrons. The molecule has 0 amide bonds. The van der Waals surface area contributed by atoms with Crippen molar-refractivity contribution >= 4 is 30.2 Å². The molecule has 2 nitrogen and oxygen atoms in total. The van der Waals surface area contributed by atoms with Crippen LogP contribution >= 0.6 is 24.2 Å². The summed E-state index contributed by atoms with van der Waals surface area (Å²) in [5, 5.41) is 2.53. The van der Waals surface area contributed by atoms with Crippen LogP contribution in [0.3, 0.4) is 0 Å². The fourth-order valence-corrected chi connectivity index (χ4v) is 2.22. The molecule has 1 aliphatic heterocycles. The first-order chi connectivity index (χ1) is 6.34. The smallest absolute Gasteiger partial charge is 0.0782 e. The summed E-state index contributed by atoms with van der Waals surface area (Å²) in [5.41, 5.74) is 1.05. The van der Waals surface area contributed by atoms with Crippen molar-refractivity contribution < 1.29 is 0 Å². The summed E-state index contributed by atoms with van der Waals surface area (Å²) in [6.45, 7) is 2.18. The summed E-state index contributed by atoms with van der Waals surface area (Å²) < 4.78 is 4.21. The van der Waals surface area contributed by atoms with Crippen molar-refractivity contribution in [3.8, 4) is 0 Å². The first kappa shape index (κ1) is 9.09. The molecule has 0 saturated carbocycles. The van der Waals surface area contributed by atoms with Gasteiger partial charge in [-0.25, -0.2) is 0 Å². The van der Waals surface area contributed by atoms with Crippen LogP contribution in [0.4, 0.5) is 0 Å². The molecule has 0 aromatic carbocycles. The molecule has 1 aromatic rings. The minimum atomic E-state index is 0.542. The third-order valence-corrected chi connectivity index (χ3v) is 3.10. The van der Waals surface area contributed by atoms with Crippen molar-refractivity contribution in [1.82, 2.24) is 9.27 Å². The second-order valence-electron chi connectivity index (χ2n) is 3.18. The van der Waals surface area contributed by atoms with Crippen LogP contribution in [-0.4, -0.2) is 27.6 Å². The predicted octanol–water partition coefficient (Wildman–Crippen LogP) is 2.12. The highest BCUT2D eigenvalue weighted by Gasteiger charge is 2.15. The molecule has 4 heteroatoms. The van der Waals surface area contributed by atoms with Gasteiger partial charge in [0.25, 0.3) is 0 Å². The maximum Gasteiger partial charge on any atom is 0.0782 e. The van der Waals surface area contributed by atoms with Crippen molar-refractivity contribution in [1.29, 1.82) is 0 Å². The van der Waals surface area contributed by atoms with Gasteiger partial charge >= 0.3 is 0 Å². The van der Waals surface area contributed by atoms with E-state index in [0.717, 1.165) is 18.8 Å². The molecule has 0 aliphatic carbocycles. The SMILES string of the molecule is SC1CCN(C=Cc2ccsn2)C1. The number of aromatic nitrogens is 1. The number of hydrogen-bond acceptors (Lipinski definition) is 4. The fraction of sp³-hybridized carbons (Fsp3) is 0.444. The van der Waals surface area contributed by atoms with E-state index in [-0.39, 0.29) is 0 Å². The van der Waals surface area contributed by atoms with Gasteiger partial charge < -0.3 is 4.90 Å². The molecule has 0 spiro atoms. The lowest BCUT2D eigenvalue weighted by Crippen LogP contribution is -2.12. The predicted molar refractivity (Wildman–Crippen MR) is 60.1 cm³/mol. The van der Waals surface area contributed by atoms with E-state index in [1.165, 1.54) is 18.0 Å². The Kier molecular flexibility index (Phi) is 2.90. The Morgan fingerprint density at radius 3 is 3.23 bits per heavy atom. The normalized spacial score (nSPS) is 23.2. The Morgan fingerprint density at radius 2 is 2.62 bits per heavy atom. The van der Waals surface area contributed by atoms with E-state index in [0.29, 0.717) is 5.25 Å². The van der Waals surface area contributed by atoms with Gasteiger partial charge in [0.15, 0.2) is 0 Å². The van der Waals surface area contributed by atoms with E-state index >= 15 is 0 Å². The highest BCUT2D eigenvalue weighted by atomic mass is 32.1. The Balaban J connectivity index is 1.91. The molecule has 1 unspecified atom stereocenters. The van der Waals surface area contributed by atoms with Gasteiger partial charge in [-0.15, -0.1) is 0 Å². The molecular formula is C9H12N2S2. The van der Waals surface area contributed by atoms with Crippen molar-refractivity contribution in [2.75, 3.05) is 13.1 Å². The molecule has 2 heterocycles. The van der Waals surface area contributed by atoms with Gasteiger partial charge in [-0.1, -0.05) is 0 Å². The lowest BCUT2D eigenvalue weighted by atomic mass is 10.4. The van der Waals surface area contributed by atoms with Crippen LogP contribution in [0, 0.1) is 0 Å². The molecule has 1 aromatic heterocycles. The zero-order valence-corrected chi connectivity index (χ0v) is 8.97. The topological polar surface area (TPSA) is 16.1 Å². The maximum atomic E-state index is 4.43. The Morgan fingerprint density at radius 1 is 1.69 bits per heavy atom. The molecule has 0 bridgehead atoms. The minimum absolute atomic E-state index is 0.542. The average Bonchev–Trinajstić information content (AvgIpc) is 2.71. The van der Waals surface area contributed by atoms with Gasteiger partial charge in [-0.2, -0.15) is 17.0 Å². The van der Waals surface area contributed by atoms with Gasteiger partial charge in [-0.3, -0.25) is 0 Å². The van der Waals surface area contributed by atoms with Gasteiger partial charge in [0.2, 0.25) is 0 Å². The molecule has 0 N–H and O–H groups in total. The highest BCUT2D eigenvalue weighted by molar-refractivity contribution is 7.81. The lowest BCUT2D eigenvalue weighted by molar-refractivity contribution is 0.472. The van der Waals surface area contributed by atoms with Crippen LogP contribution in [0.25, 0.3) is 6.08 Å².